The Labute approximate surface area is 146 Å². The summed E-state index contributed by atoms with van der Waals surface area (Å²) in [7, 11) is 0. The van der Waals surface area contributed by atoms with Crippen LogP contribution in [0.3, 0.4) is 0 Å². The lowest BCUT2D eigenvalue weighted by Gasteiger charge is -2.16. The van der Waals surface area contributed by atoms with E-state index in [9.17, 15) is 10.1 Å². The van der Waals surface area contributed by atoms with Gasteiger partial charge in [0.1, 0.15) is 11.1 Å². The molecule has 3 rings (SSSR count). The number of aromatic nitrogens is 1. The normalized spacial score (nSPS) is 13.0. The van der Waals surface area contributed by atoms with Crippen molar-refractivity contribution in [2.24, 2.45) is 0 Å². The summed E-state index contributed by atoms with van der Waals surface area (Å²) in [6, 6.07) is 13.6. The largest absolute Gasteiger partial charge is 0.326 e. The van der Waals surface area contributed by atoms with Crippen LogP contribution in [0, 0.1) is 11.3 Å². The van der Waals surface area contributed by atoms with Gasteiger partial charge in [-0.05, 0) is 49.4 Å². The first-order valence-corrected chi connectivity index (χ1v) is 9.15. The maximum Gasteiger partial charge on any atom is 0.225 e. The van der Waals surface area contributed by atoms with Gasteiger partial charge in [-0.15, -0.1) is 11.8 Å². The molecule has 1 aromatic carbocycles. The number of thioether (sulfide) groups is 1. The summed E-state index contributed by atoms with van der Waals surface area (Å²) in [5.74, 6) is 0.587. The molecule has 0 unspecified atom stereocenters. The SMILES string of the molecule is N#Cc1cc2c(nc1SCCC(=O)Nc1ccccc1)CCCC2. The number of anilines is 1. The lowest BCUT2D eigenvalue weighted by molar-refractivity contribution is -0.115. The van der Waals surface area contributed by atoms with Crippen LogP contribution in [0.4, 0.5) is 5.69 Å². The second kappa shape index (κ2) is 7.98. The Morgan fingerprint density at radius 3 is 2.83 bits per heavy atom. The predicted molar refractivity (Wildman–Crippen MR) is 96.0 cm³/mol. The summed E-state index contributed by atoms with van der Waals surface area (Å²) in [6.07, 6.45) is 4.73. The average Bonchev–Trinajstić information content (AvgIpc) is 2.62. The highest BCUT2D eigenvalue weighted by Crippen LogP contribution is 2.27. The second-order valence-electron chi connectivity index (χ2n) is 5.78. The van der Waals surface area contributed by atoms with Crippen LogP contribution in [0.2, 0.25) is 0 Å². The molecule has 0 saturated heterocycles. The minimum Gasteiger partial charge on any atom is -0.326 e. The van der Waals surface area contributed by atoms with Crippen LogP contribution in [0.5, 0.6) is 0 Å². The van der Waals surface area contributed by atoms with Gasteiger partial charge in [0.05, 0.1) is 5.56 Å². The van der Waals surface area contributed by atoms with Crippen molar-refractivity contribution in [3.8, 4) is 6.07 Å². The summed E-state index contributed by atoms with van der Waals surface area (Å²) in [5, 5.41) is 13.0. The van der Waals surface area contributed by atoms with E-state index in [1.165, 1.54) is 23.7 Å². The predicted octanol–water partition coefficient (Wildman–Crippen LogP) is 3.95. The molecule has 122 valence electrons. The van der Waals surface area contributed by atoms with Gasteiger partial charge in [-0.3, -0.25) is 4.79 Å². The number of rotatable bonds is 5. The maximum atomic E-state index is 12.0. The molecule has 0 fully saturated rings. The van der Waals surface area contributed by atoms with Crippen LogP contribution in [-0.4, -0.2) is 16.6 Å². The number of carbonyl (C=O) groups is 1. The quantitative estimate of drug-likeness (QED) is 0.839. The maximum absolute atomic E-state index is 12.0. The van der Waals surface area contributed by atoms with E-state index < -0.39 is 0 Å². The van der Waals surface area contributed by atoms with Crippen molar-refractivity contribution in [2.75, 3.05) is 11.1 Å². The van der Waals surface area contributed by atoms with Crippen LogP contribution in [-0.2, 0) is 17.6 Å². The van der Waals surface area contributed by atoms with Crippen molar-refractivity contribution in [1.29, 1.82) is 5.26 Å². The average molecular weight is 337 g/mol. The molecule has 1 aliphatic carbocycles. The number of nitrogens with zero attached hydrogens (tertiary/aromatic N) is 2. The Bertz CT molecular complexity index is 768. The highest BCUT2D eigenvalue weighted by Gasteiger charge is 2.15. The van der Waals surface area contributed by atoms with Gasteiger partial charge in [-0.25, -0.2) is 4.98 Å². The Hall–Kier alpha value is -2.32. The summed E-state index contributed by atoms with van der Waals surface area (Å²) < 4.78 is 0. The first-order valence-electron chi connectivity index (χ1n) is 8.17. The zero-order chi connectivity index (χ0) is 16.8. The van der Waals surface area contributed by atoms with Gasteiger partial charge in [-0.2, -0.15) is 5.26 Å². The Morgan fingerprint density at radius 1 is 1.25 bits per heavy atom. The molecule has 0 bridgehead atoms. The van der Waals surface area contributed by atoms with Crippen LogP contribution in [0.1, 0.15) is 36.1 Å². The van der Waals surface area contributed by atoms with Crippen molar-refractivity contribution >= 4 is 23.4 Å². The van der Waals surface area contributed by atoms with Gasteiger partial charge in [0.2, 0.25) is 5.91 Å². The highest BCUT2D eigenvalue weighted by atomic mass is 32.2. The van der Waals surface area contributed by atoms with Gasteiger partial charge in [0, 0.05) is 23.6 Å². The fraction of sp³-hybridized carbons (Fsp3) is 0.316. The lowest BCUT2D eigenvalue weighted by atomic mass is 9.95. The van der Waals surface area contributed by atoms with Crippen molar-refractivity contribution in [3.05, 3.63) is 53.2 Å². The van der Waals surface area contributed by atoms with E-state index in [0.29, 0.717) is 17.7 Å². The van der Waals surface area contributed by atoms with Crippen LogP contribution < -0.4 is 5.32 Å². The third-order valence-corrected chi connectivity index (χ3v) is 5.00. The van der Waals surface area contributed by atoms with E-state index in [-0.39, 0.29) is 5.91 Å². The van der Waals surface area contributed by atoms with E-state index in [1.807, 2.05) is 36.4 Å². The van der Waals surface area contributed by atoms with Crippen molar-refractivity contribution < 1.29 is 4.79 Å². The number of carbonyl (C=O) groups excluding carboxylic acids is 1. The highest BCUT2D eigenvalue weighted by molar-refractivity contribution is 7.99. The number of pyridine rings is 1. The number of hydrogen-bond donors (Lipinski definition) is 1. The number of para-hydroxylation sites is 1. The van der Waals surface area contributed by atoms with Crippen LogP contribution in [0.25, 0.3) is 0 Å². The molecule has 0 atom stereocenters. The molecular formula is C19H19N3OS. The smallest absolute Gasteiger partial charge is 0.225 e. The summed E-state index contributed by atoms with van der Waals surface area (Å²) >= 11 is 1.49. The Kier molecular flexibility index (Phi) is 5.50. The molecular weight excluding hydrogens is 318 g/mol. The van der Waals surface area contributed by atoms with Gasteiger partial charge in [0.25, 0.3) is 0 Å². The molecule has 1 aliphatic rings. The molecule has 0 radical (unpaired) electrons. The number of hydrogen-bond acceptors (Lipinski definition) is 4. The lowest BCUT2D eigenvalue weighted by Crippen LogP contribution is -2.12. The summed E-state index contributed by atoms with van der Waals surface area (Å²) in [4.78, 5) is 16.7. The summed E-state index contributed by atoms with van der Waals surface area (Å²) in [6.45, 7) is 0. The fourth-order valence-electron chi connectivity index (χ4n) is 2.79. The molecule has 4 nitrogen and oxygen atoms in total. The second-order valence-corrected chi connectivity index (χ2v) is 6.86. The zero-order valence-corrected chi connectivity index (χ0v) is 14.2. The van der Waals surface area contributed by atoms with Crippen molar-refractivity contribution in [1.82, 2.24) is 4.98 Å². The van der Waals surface area contributed by atoms with Crippen molar-refractivity contribution in [3.63, 3.8) is 0 Å². The number of aryl methyl sites for hydroxylation is 2. The first-order chi connectivity index (χ1) is 11.8. The molecule has 2 aromatic rings. The van der Waals surface area contributed by atoms with Gasteiger partial charge < -0.3 is 5.32 Å². The monoisotopic (exact) mass is 337 g/mol. The van der Waals surface area contributed by atoms with E-state index in [0.717, 1.165) is 35.7 Å². The molecule has 1 aromatic heterocycles. The molecule has 1 N–H and O–H groups in total. The number of nitriles is 1. The van der Waals surface area contributed by atoms with E-state index in [1.54, 1.807) is 0 Å². The molecule has 1 amide bonds. The first kappa shape index (κ1) is 16.5. The van der Waals surface area contributed by atoms with Gasteiger partial charge in [0.15, 0.2) is 0 Å². The van der Waals surface area contributed by atoms with Gasteiger partial charge in [-0.1, -0.05) is 18.2 Å². The van der Waals surface area contributed by atoms with E-state index in [4.69, 9.17) is 0 Å². The number of amides is 1. The third-order valence-electron chi connectivity index (χ3n) is 4.01. The molecule has 0 saturated carbocycles. The Morgan fingerprint density at radius 2 is 2.04 bits per heavy atom. The topological polar surface area (TPSA) is 65.8 Å². The van der Waals surface area contributed by atoms with E-state index >= 15 is 0 Å². The summed E-state index contributed by atoms with van der Waals surface area (Å²) in [5.41, 5.74) is 3.77. The molecule has 5 heteroatoms. The molecule has 0 aliphatic heterocycles. The van der Waals surface area contributed by atoms with Crippen LogP contribution >= 0.6 is 11.8 Å². The molecule has 1 heterocycles. The third kappa shape index (κ3) is 4.15. The minimum absolute atomic E-state index is 0.0230. The van der Waals surface area contributed by atoms with Crippen molar-refractivity contribution in [2.45, 2.75) is 37.1 Å². The molecule has 24 heavy (non-hydrogen) atoms. The van der Waals surface area contributed by atoms with Gasteiger partial charge >= 0.3 is 0 Å². The fourth-order valence-corrected chi connectivity index (χ4v) is 3.71. The zero-order valence-electron chi connectivity index (χ0n) is 13.4. The number of fused-ring (bicyclic) bond motifs is 1. The minimum atomic E-state index is -0.0230. The van der Waals surface area contributed by atoms with E-state index in [2.05, 4.69) is 16.4 Å². The number of nitrogens with one attached hydrogen (secondary N) is 1. The Balaban J connectivity index is 1.58. The van der Waals surface area contributed by atoms with Crippen LogP contribution in [0.15, 0.2) is 41.4 Å². The standard InChI is InChI=1S/C19H19N3OS/c20-13-15-12-14-6-4-5-9-17(14)22-19(15)24-11-10-18(23)21-16-7-2-1-3-8-16/h1-3,7-8,12H,4-6,9-11H2,(H,21,23). The molecule has 0 spiro atoms. The number of benzene rings is 1.